The number of hydrogen-bond acceptors (Lipinski definition) is 2. The molecule has 0 spiro atoms. The van der Waals surface area contributed by atoms with E-state index < -0.39 is 0 Å². The van der Waals surface area contributed by atoms with Crippen LogP contribution in [0.4, 0.5) is 0 Å². The zero-order valence-corrected chi connectivity index (χ0v) is 5.98. The van der Waals surface area contributed by atoms with E-state index in [4.69, 9.17) is 5.11 Å². The first-order valence-electron chi connectivity index (χ1n) is 3.33. The normalized spacial score (nSPS) is 9.11. The largest absolute Gasteiger partial charge is 0.396 e. The van der Waals surface area contributed by atoms with Crippen LogP contribution in [0.2, 0.25) is 0 Å². The minimum Gasteiger partial charge on any atom is -0.396 e. The van der Waals surface area contributed by atoms with E-state index in [1.54, 1.807) is 0 Å². The molecular weight excluding hydrogens is 114 g/mol. The molecule has 2 nitrogen and oxygen atoms in total. The summed E-state index contributed by atoms with van der Waals surface area (Å²) in [4.78, 5) is 0. The van der Waals surface area contributed by atoms with E-state index in [2.05, 4.69) is 11.9 Å². The minimum atomic E-state index is 0.254. The fourth-order valence-corrected chi connectivity index (χ4v) is 0.631. The van der Waals surface area contributed by atoms with Gasteiger partial charge in [0.05, 0.1) is 0 Å². The molecule has 0 radical (unpaired) electrons. The third-order valence-corrected chi connectivity index (χ3v) is 1.06. The van der Waals surface area contributed by atoms with Gasteiger partial charge in [-0.15, -0.1) is 0 Å². The maximum Gasteiger partial charge on any atom is 0.0434 e. The fourth-order valence-electron chi connectivity index (χ4n) is 0.631. The topological polar surface area (TPSA) is 32.3 Å². The summed E-state index contributed by atoms with van der Waals surface area (Å²) in [6.07, 6.45) is 1.69. The second-order valence-electron chi connectivity index (χ2n) is 1.96. The molecule has 0 unspecified atom stereocenters. The zero-order valence-electron chi connectivity index (χ0n) is 5.98. The van der Waals surface area contributed by atoms with Crippen molar-refractivity contribution in [3.05, 3.63) is 12.3 Å². The molecule has 54 valence electrons. The number of nitrogens with one attached hydrogen (secondary N) is 1. The highest BCUT2D eigenvalue weighted by Crippen LogP contribution is 1.95. The van der Waals surface area contributed by atoms with Crippen LogP contribution in [-0.2, 0) is 0 Å². The van der Waals surface area contributed by atoms with Gasteiger partial charge in [-0.25, -0.2) is 0 Å². The maximum atomic E-state index is 8.41. The van der Waals surface area contributed by atoms with Crippen molar-refractivity contribution in [3.8, 4) is 0 Å². The Bertz CT molecular complexity index is 81.0. The van der Waals surface area contributed by atoms with Crippen molar-refractivity contribution in [2.75, 3.05) is 13.2 Å². The van der Waals surface area contributed by atoms with Crippen LogP contribution in [-0.4, -0.2) is 18.3 Å². The van der Waals surface area contributed by atoms with Crippen molar-refractivity contribution in [2.45, 2.75) is 19.8 Å². The molecular formula is C7H15NO. The van der Waals surface area contributed by atoms with Gasteiger partial charge >= 0.3 is 0 Å². The first-order chi connectivity index (χ1) is 4.31. The van der Waals surface area contributed by atoms with E-state index in [-0.39, 0.29) is 6.61 Å². The van der Waals surface area contributed by atoms with Gasteiger partial charge in [0.2, 0.25) is 0 Å². The molecule has 0 saturated heterocycles. The summed E-state index contributed by atoms with van der Waals surface area (Å²) in [7, 11) is 0. The minimum absolute atomic E-state index is 0.254. The Morgan fingerprint density at radius 2 is 2.33 bits per heavy atom. The van der Waals surface area contributed by atoms with Crippen molar-refractivity contribution in [3.63, 3.8) is 0 Å². The second-order valence-corrected chi connectivity index (χ2v) is 1.96. The predicted octanol–water partition coefficient (Wildman–Crippen LogP) is 0.882. The number of aliphatic hydroxyl groups excluding tert-OH is 1. The van der Waals surface area contributed by atoms with Crippen molar-refractivity contribution < 1.29 is 5.11 Å². The van der Waals surface area contributed by atoms with Gasteiger partial charge in [0.1, 0.15) is 0 Å². The highest BCUT2D eigenvalue weighted by Gasteiger charge is 1.88. The molecule has 0 amide bonds. The van der Waals surface area contributed by atoms with Gasteiger partial charge in [0.25, 0.3) is 0 Å². The first kappa shape index (κ1) is 8.50. The molecule has 0 aliphatic carbocycles. The average molecular weight is 129 g/mol. The number of allylic oxidation sites excluding steroid dienone is 1. The monoisotopic (exact) mass is 129 g/mol. The van der Waals surface area contributed by atoms with E-state index in [0.29, 0.717) is 0 Å². The zero-order chi connectivity index (χ0) is 7.11. The van der Waals surface area contributed by atoms with Crippen LogP contribution in [0.3, 0.4) is 0 Å². The standard InChI is InChI=1S/C7H15NO/c1-3-8-7(2)5-4-6-9/h8-9H,2-6H2,1H3. The highest BCUT2D eigenvalue weighted by atomic mass is 16.2. The van der Waals surface area contributed by atoms with Crippen LogP contribution < -0.4 is 5.32 Å². The molecule has 9 heavy (non-hydrogen) atoms. The third-order valence-electron chi connectivity index (χ3n) is 1.06. The lowest BCUT2D eigenvalue weighted by atomic mass is 10.2. The number of aliphatic hydroxyl groups is 1. The van der Waals surface area contributed by atoms with Crippen LogP contribution >= 0.6 is 0 Å². The summed E-state index contributed by atoms with van der Waals surface area (Å²) >= 11 is 0. The molecule has 0 aliphatic heterocycles. The van der Waals surface area contributed by atoms with E-state index in [1.807, 2.05) is 6.92 Å². The van der Waals surface area contributed by atoms with Crippen molar-refractivity contribution in [1.82, 2.24) is 5.32 Å². The van der Waals surface area contributed by atoms with Gasteiger partial charge in [-0.2, -0.15) is 0 Å². The molecule has 2 N–H and O–H groups in total. The van der Waals surface area contributed by atoms with Crippen molar-refractivity contribution in [2.24, 2.45) is 0 Å². The highest BCUT2D eigenvalue weighted by molar-refractivity contribution is 4.89. The van der Waals surface area contributed by atoms with Crippen LogP contribution in [0.25, 0.3) is 0 Å². The number of rotatable bonds is 5. The quantitative estimate of drug-likeness (QED) is 0.577. The Morgan fingerprint density at radius 3 is 2.78 bits per heavy atom. The second kappa shape index (κ2) is 5.63. The van der Waals surface area contributed by atoms with E-state index >= 15 is 0 Å². The molecule has 0 fully saturated rings. The summed E-state index contributed by atoms with van der Waals surface area (Å²) in [5.74, 6) is 0. The van der Waals surface area contributed by atoms with Gasteiger partial charge in [0, 0.05) is 18.8 Å². The summed E-state index contributed by atoms with van der Waals surface area (Å²) in [6, 6.07) is 0. The maximum absolute atomic E-state index is 8.41. The average Bonchev–Trinajstić information content (AvgIpc) is 1.85. The van der Waals surface area contributed by atoms with E-state index in [0.717, 1.165) is 25.1 Å². The Labute approximate surface area is 56.6 Å². The molecule has 0 aliphatic rings. The Morgan fingerprint density at radius 1 is 1.67 bits per heavy atom. The molecule has 0 aromatic heterocycles. The van der Waals surface area contributed by atoms with Crippen molar-refractivity contribution >= 4 is 0 Å². The third kappa shape index (κ3) is 5.37. The molecule has 0 aromatic rings. The van der Waals surface area contributed by atoms with Gasteiger partial charge < -0.3 is 10.4 Å². The summed E-state index contributed by atoms with van der Waals surface area (Å²) in [6.45, 7) is 6.97. The summed E-state index contributed by atoms with van der Waals surface area (Å²) in [5, 5.41) is 11.5. The lowest BCUT2D eigenvalue weighted by molar-refractivity contribution is 0.287. The Kier molecular flexibility index (Phi) is 5.32. The predicted molar refractivity (Wildman–Crippen MR) is 39.1 cm³/mol. The molecule has 0 aromatic carbocycles. The summed E-state index contributed by atoms with van der Waals surface area (Å²) in [5.41, 5.74) is 1.02. The van der Waals surface area contributed by atoms with Gasteiger partial charge in [-0.1, -0.05) is 6.58 Å². The van der Waals surface area contributed by atoms with Gasteiger partial charge in [-0.05, 0) is 19.8 Å². The van der Waals surface area contributed by atoms with Gasteiger partial charge in [-0.3, -0.25) is 0 Å². The molecule has 2 heteroatoms. The lowest BCUT2D eigenvalue weighted by Gasteiger charge is -2.04. The van der Waals surface area contributed by atoms with Crippen LogP contribution in [0, 0.1) is 0 Å². The van der Waals surface area contributed by atoms with E-state index in [1.165, 1.54) is 0 Å². The smallest absolute Gasteiger partial charge is 0.0434 e. The van der Waals surface area contributed by atoms with Crippen LogP contribution in [0.5, 0.6) is 0 Å². The van der Waals surface area contributed by atoms with Gasteiger partial charge in [0.15, 0.2) is 0 Å². The SMILES string of the molecule is C=C(CCCO)NCC. The lowest BCUT2D eigenvalue weighted by Crippen LogP contribution is -2.10. The molecule has 0 bridgehead atoms. The Balaban J connectivity index is 3.06. The van der Waals surface area contributed by atoms with E-state index in [9.17, 15) is 0 Å². The number of hydrogen-bond donors (Lipinski definition) is 2. The fraction of sp³-hybridized carbons (Fsp3) is 0.714. The van der Waals surface area contributed by atoms with Crippen LogP contribution in [0.15, 0.2) is 12.3 Å². The molecule has 0 atom stereocenters. The molecule has 0 heterocycles. The van der Waals surface area contributed by atoms with Crippen LogP contribution in [0.1, 0.15) is 19.8 Å². The Hall–Kier alpha value is -0.500. The molecule has 0 saturated carbocycles. The summed E-state index contributed by atoms with van der Waals surface area (Å²) < 4.78 is 0. The van der Waals surface area contributed by atoms with Crippen molar-refractivity contribution in [1.29, 1.82) is 0 Å². The molecule has 0 rings (SSSR count). The first-order valence-corrected chi connectivity index (χ1v) is 3.33.